The summed E-state index contributed by atoms with van der Waals surface area (Å²) in [6, 6.07) is 0.119. The van der Waals surface area contributed by atoms with E-state index in [1.807, 2.05) is 0 Å². The highest BCUT2D eigenvalue weighted by molar-refractivity contribution is 5.86. The van der Waals surface area contributed by atoms with Gasteiger partial charge in [-0.2, -0.15) is 0 Å². The van der Waals surface area contributed by atoms with E-state index < -0.39 is 5.97 Å². The van der Waals surface area contributed by atoms with Crippen LogP contribution >= 0.6 is 0 Å². The second kappa shape index (κ2) is 5.48. The number of nitrogens with zero attached hydrogens (tertiary/aromatic N) is 3. The van der Waals surface area contributed by atoms with Crippen LogP contribution in [0.5, 0.6) is 0 Å². The Balaban J connectivity index is 2.30. The molecular formula is C12H19N3O3. The standard InChI is InChI=1S/C12H19N3O3/c1-8(2)6-10-11(12(16)17)13-14-15(10)9-4-3-5-18-7-9/h8-9H,3-7H2,1-2H3,(H,16,17). The Morgan fingerprint density at radius 1 is 1.61 bits per heavy atom. The van der Waals surface area contributed by atoms with E-state index in [0.717, 1.165) is 19.4 Å². The minimum atomic E-state index is -1.01. The van der Waals surface area contributed by atoms with Crippen LogP contribution in [0.1, 0.15) is 48.9 Å². The molecule has 18 heavy (non-hydrogen) atoms. The van der Waals surface area contributed by atoms with Crippen molar-refractivity contribution in [3.8, 4) is 0 Å². The van der Waals surface area contributed by atoms with E-state index in [2.05, 4.69) is 24.2 Å². The highest BCUT2D eigenvalue weighted by Gasteiger charge is 2.25. The molecule has 1 saturated heterocycles. The van der Waals surface area contributed by atoms with Crippen molar-refractivity contribution in [1.82, 2.24) is 15.0 Å². The lowest BCUT2D eigenvalue weighted by molar-refractivity contribution is 0.0529. The van der Waals surface area contributed by atoms with Crippen LogP contribution in [-0.2, 0) is 11.2 Å². The van der Waals surface area contributed by atoms with Crippen molar-refractivity contribution in [3.63, 3.8) is 0 Å². The average molecular weight is 253 g/mol. The number of hydrogen-bond donors (Lipinski definition) is 1. The Kier molecular flexibility index (Phi) is 3.96. The van der Waals surface area contributed by atoms with E-state index in [1.54, 1.807) is 4.68 Å². The molecule has 0 bridgehead atoms. The Bertz CT molecular complexity index is 422. The second-order valence-electron chi connectivity index (χ2n) is 5.10. The summed E-state index contributed by atoms with van der Waals surface area (Å²) in [7, 11) is 0. The van der Waals surface area contributed by atoms with E-state index in [-0.39, 0.29) is 11.7 Å². The molecule has 0 amide bonds. The fraction of sp³-hybridized carbons (Fsp3) is 0.750. The first-order valence-electron chi connectivity index (χ1n) is 6.34. The van der Waals surface area contributed by atoms with Crippen LogP contribution in [0.3, 0.4) is 0 Å². The molecule has 0 aromatic carbocycles. The minimum absolute atomic E-state index is 0.0780. The average Bonchev–Trinajstić information content (AvgIpc) is 2.73. The minimum Gasteiger partial charge on any atom is -0.476 e. The van der Waals surface area contributed by atoms with Crippen molar-refractivity contribution in [2.75, 3.05) is 13.2 Å². The summed E-state index contributed by atoms with van der Waals surface area (Å²) in [5, 5.41) is 17.0. The lowest BCUT2D eigenvalue weighted by atomic mass is 10.0. The highest BCUT2D eigenvalue weighted by Crippen LogP contribution is 2.23. The van der Waals surface area contributed by atoms with Gasteiger partial charge in [0.05, 0.1) is 18.3 Å². The quantitative estimate of drug-likeness (QED) is 0.880. The first kappa shape index (κ1) is 13.0. The summed E-state index contributed by atoms with van der Waals surface area (Å²) in [4.78, 5) is 11.2. The Morgan fingerprint density at radius 2 is 2.39 bits per heavy atom. The predicted octanol–water partition coefficient (Wildman–Crippen LogP) is 1.53. The SMILES string of the molecule is CC(C)Cc1c(C(=O)O)nnn1C1CCCOC1. The van der Waals surface area contributed by atoms with Crippen molar-refractivity contribution in [3.05, 3.63) is 11.4 Å². The molecule has 0 aliphatic carbocycles. The van der Waals surface area contributed by atoms with Gasteiger partial charge in [0, 0.05) is 6.61 Å². The van der Waals surface area contributed by atoms with Crippen LogP contribution in [0, 0.1) is 5.92 Å². The molecule has 2 heterocycles. The van der Waals surface area contributed by atoms with E-state index >= 15 is 0 Å². The van der Waals surface area contributed by atoms with Crippen LogP contribution in [0.15, 0.2) is 0 Å². The molecule has 6 heteroatoms. The van der Waals surface area contributed by atoms with E-state index in [0.29, 0.717) is 24.6 Å². The first-order chi connectivity index (χ1) is 8.59. The molecular weight excluding hydrogens is 234 g/mol. The lowest BCUT2D eigenvalue weighted by Gasteiger charge is -2.24. The van der Waals surface area contributed by atoms with Gasteiger partial charge in [-0.15, -0.1) is 5.10 Å². The van der Waals surface area contributed by atoms with Crippen molar-refractivity contribution in [2.24, 2.45) is 5.92 Å². The van der Waals surface area contributed by atoms with Gasteiger partial charge in [-0.3, -0.25) is 0 Å². The maximum absolute atomic E-state index is 11.2. The number of hydrogen-bond acceptors (Lipinski definition) is 4. The Hall–Kier alpha value is -1.43. The fourth-order valence-electron chi connectivity index (χ4n) is 2.27. The summed E-state index contributed by atoms with van der Waals surface area (Å²) in [5.74, 6) is -0.640. The van der Waals surface area contributed by atoms with Gasteiger partial charge in [0.15, 0.2) is 5.69 Å². The number of carboxylic acid groups (broad SMARTS) is 1. The van der Waals surface area contributed by atoms with E-state index in [4.69, 9.17) is 9.84 Å². The molecule has 0 radical (unpaired) electrons. The largest absolute Gasteiger partial charge is 0.476 e. The molecule has 2 rings (SSSR count). The molecule has 1 unspecified atom stereocenters. The molecule has 100 valence electrons. The molecule has 1 aromatic heterocycles. The molecule has 6 nitrogen and oxygen atoms in total. The molecule has 1 aliphatic heterocycles. The normalized spacial score (nSPS) is 20.3. The van der Waals surface area contributed by atoms with Gasteiger partial charge in [-0.1, -0.05) is 19.1 Å². The van der Waals surface area contributed by atoms with Gasteiger partial charge in [0.1, 0.15) is 0 Å². The maximum Gasteiger partial charge on any atom is 0.358 e. The molecule has 1 aromatic rings. The third kappa shape index (κ3) is 2.69. The van der Waals surface area contributed by atoms with Crippen molar-refractivity contribution >= 4 is 5.97 Å². The van der Waals surface area contributed by atoms with E-state index in [9.17, 15) is 4.79 Å². The van der Waals surface area contributed by atoms with Gasteiger partial charge in [-0.25, -0.2) is 9.48 Å². The second-order valence-corrected chi connectivity index (χ2v) is 5.10. The summed E-state index contributed by atoms with van der Waals surface area (Å²) in [6.07, 6.45) is 2.62. The topological polar surface area (TPSA) is 77.2 Å². The first-order valence-corrected chi connectivity index (χ1v) is 6.34. The zero-order valence-corrected chi connectivity index (χ0v) is 10.8. The number of ether oxygens (including phenoxy) is 1. The van der Waals surface area contributed by atoms with Crippen molar-refractivity contribution < 1.29 is 14.6 Å². The van der Waals surface area contributed by atoms with Gasteiger partial charge in [0.2, 0.25) is 0 Å². The molecule has 1 atom stereocenters. The fourth-order valence-corrected chi connectivity index (χ4v) is 2.27. The lowest BCUT2D eigenvalue weighted by Crippen LogP contribution is -2.24. The van der Waals surface area contributed by atoms with Crippen LogP contribution in [0.25, 0.3) is 0 Å². The molecule has 0 spiro atoms. The Morgan fingerprint density at radius 3 is 2.94 bits per heavy atom. The summed E-state index contributed by atoms with van der Waals surface area (Å²) < 4.78 is 7.18. The Labute approximate surface area is 106 Å². The van der Waals surface area contributed by atoms with Gasteiger partial charge >= 0.3 is 5.97 Å². The van der Waals surface area contributed by atoms with Crippen LogP contribution < -0.4 is 0 Å². The number of aromatic carboxylic acids is 1. The molecule has 0 saturated carbocycles. The third-order valence-corrected chi connectivity index (χ3v) is 3.08. The molecule has 1 fully saturated rings. The van der Waals surface area contributed by atoms with Crippen molar-refractivity contribution in [2.45, 2.75) is 39.2 Å². The van der Waals surface area contributed by atoms with Crippen molar-refractivity contribution in [1.29, 1.82) is 0 Å². The van der Waals surface area contributed by atoms with Crippen LogP contribution in [-0.4, -0.2) is 39.3 Å². The van der Waals surface area contributed by atoms with Gasteiger partial charge in [-0.05, 0) is 25.2 Å². The predicted molar refractivity (Wildman–Crippen MR) is 64.6 cm³/mol. The van der Waals surface area contributed by atoms with Gasteiger partial charge < -0.3 is 9.84 Å². The highest BCUT2D eigenvalue weighted by atomic mass is 16.5. The number of rotatable bonds is 4. The number of carboxylic acids is 1. The summed E-state index contributed by atoms with van der Waals surface area (Å²) in [6.45, 7) is 5.48. The van der Waals surface area contributed by atoms with Crippen LogP contribution in [0.4, 0.5) is 0 Å². The summed E-state index contributed by atoms with van der Waals surface area (Å²) >= 11 is 0. The van der Waals surface area contributed by atoms with E-state index in [1.165, 1.54) is 0 Å². The van der Waals surface area contributed by atoms with Gasteiger partial charge in [0.25, 0.3) is 0 Å². The monoisotopic (exact) mass is 253 g/mol. The molecule has 1 N–H and O–H groups in total. The molecule has 1 aliphatic rings. The number of carbonyl (C=O) groups is 1. The zero-order chi connectivity index (χ0) is 13.1. The number of aromatic nitrogens is 3. The summed E-state index contributed by atoms with van der Waals surface area (Å²) in [5.41, 5.74) is 0.794. The smallest absolute Gasteiger partial charge is 0.358 e. The zero-order valence-electron chi connectivity index (χ0n) is 10.8. The van der Waals surface area contributed by atoms with Crippen LogP contribution in [0.2, 0.25) is 0 Å². The maximum atomic E-state index is 11.2. The third-order valence-electron chi connectivity index (χ3n) is 3.08.